The Morgan fingerprint density at radius 2 is 1.32 bits per heavy atom. The summed E-state index contributed by atoms with van der Waals surface area (Å²) in [4.78, 5) is 26.6. The maximum atomic E-state index is 12.3. The van der Waals surface area contributed by atoms with E-state index in [-0.39, 0.29) is 34.1 Å². The zero-order valence-electron chi connectivity index (χ0n) is 26.2. The van der Waals surface area contributed by atoms with Gasteiger partial charge in [0, 0.05) is 43.1 Å². The van der Waals surface area contributed by atoms with Crippen LogP contribution in [-0.4, -0.2) is 65.5 Å². The van der Waals surface area contributed by atoms with Crippen LogP contribution in [0.5, 0.6) is 0 Å². The van der Waals surface area contributed by atoms with Crippen LogP contribution >= 0.6 is 0 Å². The second-order valence-electron chi connectivity index (χ2n) is 15.1. The third kappa shape index (κ3) is 6.13. The highest BCUT2D eigenvalue weighted by atomic mass is 16.6. The molecule has 2 saturated carbocycles. The largest absolute Gasteiger partial charge is 0.444 e. The molecule has 4 fully saturated rings. The number of hydrogen-bond acceptors (Lipinski definition) is 6. The summed E-state index contributed by atoms with van der Waals surface area (Å²) in [6.07, 6.45) is 3.83. The molecule has 0 radical (unpaired) electrons. The highest BCUT2D eigenvalue weighted by Crippen LogP contribution is 2.56. The van der Waals surface area contributed by atoms with E-state index in [1.807, 2.05) is 41.5 Å². The van der Waals surface area contributed by atoms with Crippen molar-refractivity contribution in [1.82, 2.24) is 20.9 Å². The van der Waals surface area contributed by atoms with Crippen molar-refractivity contribution in [2.45, 2.75) is 116 Å². The topological polar surface area (TPSA) is 91.9 Å². The number of likely N-dealkylation sites (tertiary alicyclic amines) is 1. The molecule has 1 aromatic rings. The average Bonchev–Trinajstić information content (AvgIpc) is 3.15. The highest BCUT2D eigenvalue weighted by molar-refractivity contribution is 5.70. The Bertz CT molecular complexity index is 1080. The molecule has 0 spiro atoms. The predicted octanol–water partition coefficient (Wildman–Crippen LogP) is 5.78. The standard InChI is InChI=1S/C20H30N2O2.C12H22N2O2/c1-15(16-9-7-6-8-10-16)22-13-19(5)11-12-20(19,14-22)21-17(23)24-18(2,3)4;1-10(2,3)16-9(15)14-12-6-5-11(12,4)7-13-8-12/h6-10,15H,11-14H2,1-5H3,(H,21,23);13H,5-8H2,1-4H3,(H,14,15)/t15-,19-,20-;11-,12-/m11/s1. The van der Waals surface area contributed by atoms with Crippen molar-refractivity contribution in [1.29, 1.82) is 0 Å². The summed E-state index contributed by atoms with van der Waals surface area (Å²) in [5.74, 6) is 0. The molecule has 2 aliphatic heterocycles. The van der Waals surface area contributed by atoms with Crippen molar-refractivity contribution in [3.63, 3.8) is 0 Å². The lowest BCUT2D eigenvalue weighted by atomic mass is 9.57. The van der Waals surface area contributed by atoms with Crippen molar-refractivity contribution in [3.8, 4) is 0 Å². The molecule has 0 unspecified atom stereocenters. The number of benzene rings is 1. The molecule has 4 aliphatic rings. The number of hydrogen-bond donors (Lipinski definition) is 3. The van der Waals surface area contributed by atoms with Gasteiger partial charge in [-0.15, -0.1) is 0 Å². The number of ether oxygens (including phenoxy) is 2. The second kappa shape index (κ2) is 10.5. The zero-order valence-corrected chi connectivity index (χ0v) is 26.2. The second-order valence-corrected chi connectivity index (χ2v) is 15.1. The molecule has 2 saturated heterocycles. The molecule has 5 atom stereocenters. The summed E-state index contributed by atoms with van der Waals surface area (Å²) in [6.45, 7) is 21.9. The molecule has 0 aromatic heterocycles. The van der Waals surface area contributed by atoms with Gasteiger partial charge in [-0.05, 0) is 79.7 Å². The molecule has 40 heavy (non-hydrogen) atoms. The fourth-order valence-corrected chi connectivity index (χ4v) is 6.89. The fourth-order valence-electron chi connectivity index (χ4n) is 6.89. The van der Waals surface area contributed by atoms with Crippen LogP contribution < -0.4 is 16.0 Å². The maximum Gasteiger partial charge on any atom is 0.408 e. The van der Waals surface area contributed by atoms with Crippen LogP contribution in [0.1, 0.15) is 99.6 Å². The van der Waals surface area contributed by atoms with Crippen LogP contribution in [-0.2, 0) is 9.47 Å². The van der Waals surface area contributed by atoms with E-state index in [1.165, 1.54) is 12.0 Å². The van der Waals surface area contributed by atoms with Gasteiger partial charge in [-0.2, -0.15) is 0 Å². The smallest absolute Gasteiger partial charge is 0.408 e. The number of amides is 2. The number of carbonyl (C=O) groups is 2. The first-order valence-electron chi connectivity index (χ1n) is 14.9. The first kappa shape index (κ1) is 30.6. The Balaban J connectivity index is 0.000000201. The highest BCUT2D eigenvalue weighted by Gasteiger charge is 2.63. The van der Waals surface area contributed by atoms with E-state index in [1.54, 1.807) is 0 Å². The van der Waals surface area contributed by atoms with Crippen molar-refractivity contribution >= 4 is 12.2 Å². The lowest BCUT2D eigenvalue weighted by Gasteiger charge is -2.53. The van der Waals surface area contributed by atoms with E-state index >= 15 is 0 Å². The van der Waals surface area contributed by atoms with Crippen LogP contribution in [0, 0.1) is 10.8 Å². The maximum absolute atomic E-state index is 12.3. The van der Waals surface area contributed by atoms with Crippen LogP contribution in [0.15, 0.2) is 30.3 Å². The van der Waals surface area contributed by atoms with E-state index in [4.69, 9.17) is 9.47 Å². The summed E-state index contributed by atoms with van der Waals surface area (Å²) in [6, 6.07) is 10.9. The van der Waals surface area contributed by atoms with Gasteiger partial charge in [0.1, 0.15) is 11.2 Å². The molecule has 2 amide bonds. The van der Waals surface area contributed by atoms with E-state index < -0.39 is 11.2 Å². The van der Waals surface area contributed by atoms with Crippen molar-refractivity contribution in [2.75, 3.05) is 26.2 Å². The molecule has 8 nitrogen and oxygen atoms in total. The summed E-state index contributed by atoms with van der Waals surface area (Å²) in [5, 5.41) is 9.65. The number of rotatable bonds is 4. The SMILES string of the molecule is CC(C)(C)OC(=O)N[C@@]12CC[C@]1(C)CNC2.C[C@H](c1ccccc1)N1C[C@@]2(C)CC[C@@]2(NC(=O)OC(C)(C)C)C1. The van der Waals surface area contributed by atoms with Crippen molar-refractivity contribution in [2.24, 2.45) is 10.8 Å². The van der Waals surface area contributed by atoms with Gasteiger partial charge in [-0.1, -0.05) is 44.2 Å². The van der Waals surface area contributed by atoms with Crippen LogP contribution in [0.25, 0.3) is 0 Å². The average molecular weight is 557 g/mol. The van der Waals surface area contributed by atoms with Gasteiger partial charge in [0.2, 0.25) is 0 Å². The predicted molar refractivity (Wildman–Crippen MR) is 158 cm³/mol. The summed E-state index contributed by atoms with van der Waals surface area (Å²) < 4.78 is 10.8. The summed E-state index contributed by atoms with van der Waals surface area (Å²) in [5.41, 5.74) is 0.559. The third-order valence-electron chi connectivity index (χ3n) is 9.79. The molecule has 3 N–H and O–H groups in total. The van der Waals surface area contributed by atoms with E-state index in [2.05, 4.69) is 72.0 Å². The molecule has 2 heterocycles. The minimum atomic E-state index is -0.462. The molecule has 2 aliphatic carbocycles. The van der Waals surface area contributed by atoms with E-state index in [0.29, 0.717) is 6.04 Å². The number of carbonyl (C=O) groups excluding carboxylic acids is 2. The Kier molecular flexibility index (Phi) is 8.04. The molecule has 224 valence electrons. The first-order chi connectivity index (χ1) is 18.4. The number of nitrogens with zero attached hydrogens (tertiary/aromatic N) is 1. The lowest BCUT2D eigenvalue weighted by Crippen LogP contribution is -2.66. The quantitative estimate of drug-likeness (QED) is 0.436. The van der Waals surface area contributed by atoms with E-state index in [0.717, 1.165) is 45.4 Å². The van der Waals surface area contributed by atoms with Gasteiger partial charge >= 0.3 is 12.2 Å². The summed E-state index contributed by atoms with van der Waals surface area (Å²) >= 11 is 0. The summed E-state index contributed by atoms with van der Waals surface area (Å²) in [7, 11) is 0. The van der Waals surface area contributed by atoms with Crippen molar-refractivity contribution < 1.29 is 19.1 Å². The Morgan fingerprint density at radius 1 is 0.800 bits per heavy atom. The molecule has 5 rings (SSSR count). The van der Waals surface area contributed by atoms with Gasteiger partial charge in [-0.3, -0.25) is 4.90 Å². The monoisotopic (exact) mass is 556 g/mol. The van der Waals surface area contributed by atoms with E-state index in [9.17, 15) is 9.59 Å². The Morgan fingerprint density at radius 3 is 1.77 bits per heavy atom. The van der Waals surface area contributed by atoms with Crippen molar-refractivity contribution in [3.05, 3.63) is 35.9 Å². The van der Waals surface area contributed by atoms with Crippen LogP contribution in [0.2, 0.25) is 0 Å². The number of alkyl carbamates (subject to hydrolysis) is 2. The molecule has 8 heteroatoms. The molecular weight excluding hydrogens is 504 g/mol. The van der Waals surface area contributed by atoms with Gasteiger partial charge < -0.3 is 25.4 Å². The van der Waals surface area contributed by atoms with Crippen LogP contribution in [0.4, 0.5) is 9.59 Å². The zero-order chi connectivity index (χ0) is 29.6. The lowest BCUT2D eigenvalue weighted by molar-refractivity contribution is 0.00452. The van der Waals surface area contributed by atoms with Gasteiger partial charge in [0.05, 0.1) is 11.1 Å². The third-order valence-corrected chi connectivity index (χ3v) is 9.79. The fraction of sp³-hybridized carbons (Fsp3) is 0.750. The molecular formula is C32H52N4O4. The Labute approximate surface area is 241 Å². The molecule has 0 bridgehead atoms. The van der Waals surface area contributed by atoms with Gasteiger partial charge in [0.25, 0.3) is 0 Å². The van der Waals surface area contributed by atoms with Crippen LogP contribution in [0.3, 0.4) is 0 Å². The number of fused-ring (bicyclic) bond motifs is 2. The first-order valence-corrected chi connectivity index (χ1v) is 14.9. The van der Waals surface area contributed by atoms with Gasteiger partial charge in [-0.25, -0.2) is 9.59 Å². The normalized spacial score (nSPS) is 33.6. The number of nitrogens with one attached hydrogen (secondary N) is 3. The Hall–Kier alpha value is -2.32. The van der Waals surface area contributed by atoms with Gasteiger partial charge in [0.15, 0.2) is 0 Å². The molecule has 1 aromatic carbocycles. The minimum absolute atomic E-state index is 0.0741. The minimum Gasteiger partial charge on any atom is -0.444 e.